The normalized spacial score (nSPS) is 16.2. The number of aliphatic hydroxyl groups excluding tert-OH is 1. The Morgan fingerprint density at radius 3 is 1.01 bits per heavy atom. The number of halogens is 6. The fraction of sp³-hybridized carbons (Fsp3) is 0.313. The molecule has 0 bridgehead atoms. The number of carbonyl (C=O) groups excluding carboxylic acids is 3. The van der Waals surface area contributed by atoms with Crippen LogP contribution in [0.15, 0.2) is 147 Å². The Labute approximate surface area is 556 Å². The van der Waals surface area contributed by atoms with Crippen molar-refractivity contribution in [3.8, 4) is 0 Å². The lowest BCUT2D eigenvalue weighted by Crippen LogP contribution is -2.38. The molecule has 3 aromatic carbocycles. The van der Waals surface area contributed by atoms with E-state index in [1.807, 2.05) is 46.6 Å². The number of aliphatic hydroxyl groups is 1. The molecule has 5 aromatic heterocycles. The van der Waals surface area contributed by atoms with Crippen LogP contribution >= 0.6 is 82.6 Å². The van der Waals surface area contributed by atoms with E-state index in [4.69, 9.17) is 54.9 Å². The number of hydrogen-bond donors (Lipinski definition) is 1. The van der Waals surface area contributed by atoms with Crippen molar-refractivity contribution >= 4 is 117 Å². The minimum atomic E-state index is -0.425. The molecule has 8 aromatic rings. The number of amides is 3. The summed E-state index contributed by atoms with van der Waals surface area (Å²) < 4.78 is 6.11. The zero-order chi connectivity index (χ0) is 61.7. The molecule has 89 heavy (non-hydrogen) atoms. The monoisotopic (exact) mass is 1440 g/mol. The van der Waals surface area contributed by atoms with Gasteiger partial charge in [0.1, 0.15) is 45.0 Å². The molecule has 3 amide bonds. The molecule has 8 heterocycles. The maximum atomic E-state index is 12.7. The van der Waals surface area contributed by atoms with Crippen LogP contribution in [0.4, 0.5) is 0 Å². The van der Waals surface area contributed by atoms with Crippen molar-refractivity contribution in [3.63, 3.8) is 0 Å². The minimum Gasteiger partial charge on any atom is -0.387 e. The summed E-state index contributed by atoms with van der Waals surface area (Å²) in [6.07, 6.45) is 22.1. The first-order valence-electron chi connectivity index (χ1n) is 29.8. The molecular formula is C67H62Br3Cl3N12O4. The molecule has 6 aliphatic rings. The molecule has 0 radical (unpaired) electrons. The zero-order valence-corrected chi connectivity index (χ0v) is 55.7. The van der Waals surface area contributed by atoms with Gasteiger partial charge in [-0.15, -0.1) is 0 Å². The number of hydrogen-bond acceptors (Lipinski definition) is 11. The maximum Gasteiger partial charge on any atom is 0.248 e. The average molecular weight is 1450 g/mol. The van der Waals surface area contributed by atoms with E-state index in [-0.39, 0.29) is 30.8 Å². The summed E-state index contributed by atoms with van der Waals surface area (Å²) in [5, 5.41) is 19.5. The van der Waals surface area contributed by atoms with Gasteiger partial charge < -0.3 is 19.8 Å². The van der Waals surface area contributed by atoms with E-state index in [1.54, 1.807) is 26.9 Å². The van der Waals surface area contributed by atoms with E-state index in [0.29, 0.717) is 39.3 Å². The molecule has 0 unspecified atom stereocenters. The molecule has 3 fully saturated rings. The van der Waals surface area contributed by atoms with Crippen LogP contribution in [0.5, 0.6) is 0 Å². The maximum absolute atomic E-state index is 12.7. The molecule has 0 saturated carbocycles. The number of benzene rings is 3. The third-order valence-corrected chi connectivity index (χ3v) is 19.4. The first-order chi connectivity index (χ1) is 43.2. The quantitative estimate of drug-likeness (QED) is 0.173. The Kier molecular flexibility index (Phi) is 19.8. The molecule has 14 rings (SSSR count). The van der Waals surface area contributed by atoms with Gasteiger partial charge in [-0.3, -0.25) is 29.3 Å². The Morgan fingerprint density at radius 2 is 0.719 bits per heavy atom. The van der Waals surface area contributed by atoms with Gasteiger partial charge in [-0.2, -0.15) is 10.2 Å². The van der Waals surface area contributed by atoms with Crippen molar-refractivity contribution in [2.75, 3.05) is 45.9 Å². The summed E-state index contributed by atoms with van der Waals surface area (Å²) in [5.74, 6) is -0.0512. The van der Waals surface area contributed by atoms with Gasteiger partial charge in [-0.1, -0.05) is 69.7 Å². The molecule has 22 heteroatoms. The summed E-state index contributed by atoms with van der Waals surface area (Å²) in [4.78, 5) is 64.9. The highest BCUT2D eigenvalue weighted by Gasteiger charge is 2.31. The van der Waals surface area contributed by atoms with Gasteiger partial charge in [0.2, 0.25) is 17.7 Å². The predicted molar refractivity (Wildman–Crippen MR) is 355 cm³/mol. The first-order valence-corrected chi connectivity index (χ1v) is 33.3. The molecule has 0 atom stereocenters. The molecule has 16 nitrogen and oxygen atoms in total. The molecule has 1 N–H and O–H groups in total. The number of aryl methyl sites for hydroxylation is 6. The lowest BCUT2D eigenvalue weighted by molar-refractivity contribution is -0.134. The summed E-state index contributed by atoms with van der Waals surface area (Å²) in [6.45, 7) is 4.08. The minimum absolute atomic E-state index is 0.0741. The Hall–Kier alpha value is -6.71. The van der Waals surface area contributed by atoms with Crippen LogP contribution in [-0.4, -0.2) is 128 Å². The lowest BCUT2D eigenvalue weighted by atomic mass is 9.88. The largest absolute Gasteiger partial charge is 0.387 e. The summed E-state index contributed by atoms with van der Waals surface area (Å²) in [5.41, 5.74) is 21.9. The number of nitrogens with zero attached hydrogens (tertiary/aromatic N) is 12. The number of carbonyl (C=O) groups is 3. The summed E-state index contributed by atoms with van der Waals surface area (Å²) in [7, 11) is 0. The standard InChI is InChI=1S/2C23H21BrClN5O.C21H20BrClN2O2/c2*24-18-9-17-2-1-16-10-19(25)3-4-20(16)22(23(17)27-11-18)15-5-7-29(8-6-15)21(31)12-30-14-26-13-28-30;22-16-9-15-2-1-14-10-17(23)3-4-18(14)20(21(15)24-11-16)13-5-7-25(8-6-13)19(27)12-26/h2*3-4,9-11,13-14H,1-2,5-8,12H2;3-4,9-11,26H,1-2,5-8,12H2. The third-order valence-electron chi connectivity index (χ3n) is 17.4. The van der Waals surface area contributed by atoms with Crippen LogP contribution in [0.25, 0.3) is 16.7 Å². The molecule has 3 saturated heterocycles. The van der Waals surface area contributed by atoms with E-state index >= 15 is 0 Å². The van der Waals surface area contributed by atoms with Crippen LogP contribution < -0.4 is 0 Å². The van der Waals surface area contributed by atoms with Gasteiger partial charge in [-0.05, 0) is 230 Å². The topological polar surface area (TPSA) is 181 Å². The van der Waals surface area contributed by atoms with Gasteiger partial charge in [0.25, 0.3) is 0 Å². The van der Waals surface area contributed by atoms with Crippen LogP contribution in [0.3, 0.4) is 0 Å². The van der Waals surface area contributed by atoms with Gasteiger partial charge in [0, 0.05) is 103 Å². The van der Waals surface area contributed by atoms with Crippen LogP contribution in [0, 0.1) is 0 Å². The second-order valence-electron chi connectivity index (χ2n) is 22.8. The highest BCUT2D eigenvalue weighted by atomic mass is 79.9. The third kappa shape index (κ3) is 14.4. The number of likely N-dealkylation sites (tertiary alicyclic amines) is 3. The number of piperidine rings is 3. The number of fused-ring (bicyclic) bond motifs is 6. The predicted octanol–water partition coefficient (Wildman–Crippen LogP) is 12.6. The van der Waals surface area contributed by atoms with E-state index in [0.717, 1.165) is 123 Å². The van der Waals surface area contributed by atoms with Gasteiger partial charge in [0.15, 0.2) is 0 Å². The number of rotatable bonds is 5. The summed E-state index contributed by atoms with van der Waals surface area (Å²) >= 11 is 29.6. The van der Waals surface area contributed by atoms with Crippen LogP contribution in [-0.2, 0) is 66.0 Å². The van der Waals surface area contributed by atoms with E-state index in [2.05, 4.69) is 123 Å². The zero-order valence-electron chi connectivity index (χ0n) is 48.6. The fourth-order valence-electron chi connectivity index (χ4n) is 13.0. The van der Waals surface area contributed by atoms with Gasteiger partial charge in [0.05, 0.1) is 17.1 Å². The van der Waals surface area contributed by atoms with Crippen LogP contribution in [0.2, 0.25) is 15.1 Å². The molecule has 456 valence electrons. The molecular weight excluding hydrogens is 1380 g/mol. The Balaban J connectivity index is 0.000000130. The first kappa shape index (κ1) is 62.5. The van der Waals surface area contributed by atoms with Crippen molar-refractivity contribution in [3.05, 3.63) is 229 Å². The SMILES string of the molecule is O=C(CO)N1CCC(=C2c3ccc(Cl)cc3CCc3cc(Br)cnc32)CC1.O=C(Cn1cncn1)N1CCC(=C2c3ccc(Cl)cc3CCc3cc(Br)cnc32)CC1.O=C(Cn1cncn1)N1CCC(=C2c3ccc(Cl)cc3CCc3cc(Br)cnc32)CC1. The van der Waals surface area contributed by atoms with Crippen molar-refractivity contribution in [1.29, 1.82) is 0 Å². The highest BCUT2D eigenvalue weighted by molar-refractivity contribution is 9.11. The van der Waals surface area contributed by atoms with Gasteiger partial charge >= 0.3 is 0 Å². The van der Waals surface area contributed by atoms with E-state index < -0.39 is 6.61 Å². The highest BCUT2D eigenvalue weighted by Crippen LogP contribution is 2.43. The molecule has 3 aliphatic carbocycles. The number of aromatic nitrogens is 9. The Bertz CT molecular complexity index is 3740. The fourth-order valence-corrected chi connectivity index (χ4v) is 14.7. The molecule has 3 aliphatic heterocycles. The van der Waals surface area contributed by atoms with Crippen molar-refractivity contribution in [2.45, 2.75) is 90.1 Å². The summed E-state index contributed by atoms with van der Waals surface area (Å²) in [6, 6.07) is 24.9. The average Bonchev–Trinajstić information content (AvgIpc) is 2.05. The van der Waals surface area contributed by atoms with Crippen molar-refractivity contribution in [2.24, 2.45) is 0 Å². The van der Waals surface area contributed by atoms with Crippen molar-refractivity contribution < 1.29 is 19.5 Å². The van der Waals surface area contributed by atoms with Crippen molar-refractivity contribution in [1.82, 2.24) is 59.2 Å². The molecule has 0 spiro atoms. The van der Waals surface area contributed by atoms with E-state index in [1.165, 1.54) is 96.2 Å². The van der Waals surface area contributed by atoms with Gasteiger partial charge in [-0.25, -0.2) is 19.3 Å². The smallest absolute Gasteiger partial charge is 0.248 e. The lowest BCUT2D eigenvalue weighted by Gasteiger charge is -2.30. The second-order valence-corrected chi connectivity index (χ2v) is 26.9. The number of pyridine rings is 3. The second kappa shape index (κ2) is 28.2. The van der Waals surface area contributed by atoms with Crippen LogP contribution in [0.1, 0.15) is 106 Å². The Morgan fingerprint density at radius 1 is 0.416 bits per heavy atom. The van der Waals surface area contributed by atoms with E-state index in [9.17, 15) is 14.4 Å².